The van der Waals surface area contributed by atoms with Gasteiger partial charge in [0.1, 0.15) is 17.3 Å². The Bertz CT molecular complexity index is 513. The number of anilines is 1. The molecule has 4 nitrogen and oxygen atoms in total. The molecule has 21 heavy (non-hydrogen) atoms. The predicted molar refractivity (Wildman–Crippen MR) is 76.3 cm³/mol. The molecule has 1 aliphatic rings. The Labute approximate surface area is 122 Å². The van der Waals surface area contributed by atoms with Gasteiger partial charge in [0.25, 0.3) is 5.91 Å². The van der Waals surface area contributed by atoms with Crippen LogP contribution in [0, 0.1) is 11.6 Å². The van der Waals surface area contributed by atoms with Gasteiger partial charge < -0.3 is 15.3 Å². The molecule has 1 heterocycles. The van der Waals surface area contributed by atoms with E-state index in [0.717, 1.165) is 12.1 Å². The van der Waals surface area contributed by atoms with Gasteiger partial charge >= 0.3 is 0 Å². The first-order valence-corrected chi connectivity index (χ1v) is 7.08. The molecule has 0 atom stereocenters. The maximum absolute atomic E-state index is 13.8. The minimum Gasteiger partial charge on any atom is -0.390 e. The lowest BCUT2D eigenvalue weighted by molar-refractivity contribution is -0.00205. The van der Waals surface area contributed by atoms with Gasteiger partial charge in [-0.25, -0.2) is 8.78 Å². The van der Waals surface area contributed by atoms with E-state index in [1.54, 1.807) is 13.8 Å². The van der Waals surface area contributed by atoms with Crippen LogP contribution in [-0.4, -0.2) is 41.1 Å². The number of halogens is 2. The van der Waals surface area contributed by atoms with Crippen LogP contribution in [-0.2, 0) is 0 Å². The van der Waals surface area contributed by atoms with E-state index in [9.17, 15) is 18.7 Å². The summed E-state index contributed by atoms with van der Waals surface area (Å²) in [6.45, 7) is 4.60. The molecule has 0 spiro atoms. The molecule has 2 N–H and O–H groups in total. The van der Waals surface area contributed by atoms with Crippen LogP contribution in [0.4, 0.5) is 14.5 Å². The molecule has 0 aliphatic carbocycles. The Kier molecular flexibility index (Phi) is 4.46. The molecule has 0 aromatic heterocycles. The first-order chi connectivity index (χ1) is 9.84. The predicted octanol–water partition coefficient (Wildman–Crippen LogP) is 2.38. The van der Waals surface area contributed by atoms with Gasteiger partial charge in [0.2, 0.25) is 0 Å². The van der Waals surface area contributed by atoms with E-state index in [-0.39, 0.29) is 11.3 Å². The molecule has 1 aromatic carbocycles. The summed E-state index contributed by atoms with van der Waals surface area (Å²) in [5, 5.41) is 12.5. The fourth-order valence-electron chi connectivity index (χ4n) is 2.42. The van der Waals surface area contributed by atoms with Crippen molar-refractivity contribution in [2.45, 2.75) is 32.3 Å². The number of hydrogen-bond donors (Lipinski definition) is 2. The smallest absolute Gasteiger partial charge is 0.254 e. The van der Waals surface area contributed by atoms with E-state index in [1.807, 2.05) is 0 Å². The minimum atomic E-state index is -0.776. The van der Waals surface area contributed by atoms with Crippen LogP contribution < -0.4 is 5.32 Å². The van der Waals surface area contributed by atoms with Gasteiger partial charge in [0.15, 0.2) is 0 Å². The van der Waals surface area contributed by atoms with Crippen LogP contribution in [0.2, 0.25) is 0 Å². The van der Waals surface area contributed by atoms with E-state index in [2.05, 4.69) is 5.32 Å². The van der Waals surface area contributed by atoms with Crippen molar-refractivity contribution in [2.24, 2.45) is 0 Å². The summed E-state index contributed by atoms with van der Waals surface area (Å²) in [5.74, 6) is -1.96. The Hall–Kier alpha value is -1.69. The molecule has 1 saturated heterocycles. The highest BCUT2D eigenvalue weighted by molar-refractivity contribution is 5.94. The number of aliphatic hydroxyl groups is 1. The molecule has 116 valence electrons. The van der Waals surface area contributed by atoms with Gasteiger partial charge in [-0.1, -0.05) is 0 Å². The molecule has 1 fully saturated rings. The van der Waals surface area contributed by atoms with E-state index in [1.165, 1.54) is 4.90 Å². The first kappa shape index (κ1) is 15.7. The lowest BCUT2D eigenvalue weighted by Gasteiger charge is -2.35. The van der Waals surface area contributed by atoms with E-state index in [0.29, 0.717) is 32.5 Å². The third kappa shape index (κ3) is 3.50. The van der Waals surface area contributed by atoms with Crippen molar-refractivity contribution in [3.63, 3.8) is 0 Å². The highest BCUT2D eigenvalue weighted by Gasteiger charge is 2.30. The number of carbonyl (C=O) groups excluding carboxylic acids is 1. The van der Waals surface area contributed by atoms with E-state index < -0.39 is 23.1 Å². The van der Waals surface area contributed by atoms with Gasteiger partial charge in [-0.3, -0.25) is 4.79 Å². The molecular weight excluding hydrogens is 278 g/mol. The quantitative estimate of drug-likeness (QED) is 0.901. The standard InChI is InChI=1S/C15H20F2N2O2/c1-3-18-13-11(16)8-10(9-12(13)17)14(20)19-6-4-15(2,21)5-7-19/h8-9,18,21H,3-7H2,1-2H3. The monoisotopic (exact) mass is 298 g/mol. The lowest BCUT2D eigenvalue weighted by atomic mass is 9.93. The Morgan fingerprint density at radius 2 is 1.86 bits per heavy atom. The molecule has 2 rings (SSSR count). The average Bonchev–Trinajstić information content (AvgIpc) is 2.42. The van der Waals surface area contributed by atoms with Gasteiger partial charge in [-0.05, 0) is 38.8 Å². The minimum absolute atomic E-state index is 0.00630. The van der Waals surface area contributed by atoms with Crippen LogP contribution in [0.25, 0.3) is 0 Å². The SMILES string of the molecule is CCNc1c(F)cc(C(=O)N2CCC(C)(O)CC2)cc1F. The number of likely N-dealkylation sites (tertiary alicyclic amines) is 1. The Morgan fingerprint density at radius 3 is 2.33 bits per heavy atom. The van der Waals surface area contributed by atoms with Crippen molar-refractivity contribution in [3.05, 3.63) is 29.3 Å². The molecule has 0 unspecified atom stereocenters. The maximum atomic E-state index is 13.8. The number of benzene rings is 1. The number of amides is 1. The summed E-state index contributed by atoms with van der Waals surface area (Å²) >= 11 is 0. The van der Waals surface area contributed by atoms with Crippen LogP contribution in [0.15, 0.2) is 12.1 Å². The third-order valence-corrected chi connectivity index (χ3v) is 3.77. The molecule has 1 aliphatic heterocycles. The Balaban J connectivity index is 2.17. The van der Waals surface area contributed by atoms with Crippen LogP contribution >= 0.6 is 0 Å². The summed E-state index contributed by atoms with van der Waals surface area (Å²) in [7, 11) is 0. The fraction of sp³-hybridized carbons (Fsp3) is 0.533. The van der Waals surface area contributed by atoms with Crippen molar-refractivity contribution < 1.29 is 18.7 Å². The number of carbonyl (C=O) groups is 1. The highest BCUT2D eigenvalue weighted by atomic mass is 19.1. The molecule has 0 radical (unpaired) electrons. The second-order valence-electron chi connectivity index (χ2n) is 5.63. The number of rotatable bonds is 3. The van der Waals surface area contributed by atoms with Crippen molar-refractivity contribution >= 4 is 11.6 Å². The zero-order chi connectivity index (χ0) is 15.6. The van der Waals surface area contributed by atoms with Gasteiger partial charge in [-0.2, -0.15) is 0 Å². The van der Waals surface area contributed by atoms with Gasteiger partial charge in [0.05, 0.1) is 5.60 Å². The summed E-state index contributed by atoms with van der Waals surface area (Å²) < 4.78 is 27.7. The fourth-order valence-corrected chi connectivity index (χ4v) is 2.42. The second-order valence-corrected chi connectivity index (χ2v) is 5.63. The van der Waals surface area contributed by atoms with Crippen LogP contribution in [0.5, 0.6) is 0 Å². The summed E-state index contributed by atoms with van der Waals surface area (Å²) in [5.41, 5.74) is -0.994. The zero-order valence-corrected chi connectivity index (χ0v) is 12.2. The van der Waals surface area contributed by atoms with Crippen molar-refractivity contribution in [3.8, 4) is 0 Å². The van der Waals surface area contributed by atoms with Crippen LogP contribution in [0.3, 0.4) is 0 Å². The normalized spacial score (nSPS) is 17.7. The lowest BCUT2D eigenvalue weighted by Crippen LogP contribution is -2.45. The maximum Gasteiger partial charge on any atom is 0.254 e. The van der Waals surface area contributed by atoms with Gasteiger partial charge in [0, 0.05) is 25.2 Å². The first-order valence-electron chi connectivity index (χ1n) is 7.08. The summed E-state index contributed by atoms with van der Waals surface area (Å²) in [4.78, 5) is 13.8. The van der Waals surface area contributed by atoms with E-state index >= 15 is 0 Å². The molecule has 0 bridgehead atoms. The molecule has 1 aromatic rings. The number of hydrogen-bond acceptors (Lipinski definition) is 3. The van der Waals surface area contributed by atoms with E-state index in [4.69, 9.17) is 0 Å². The zero-order valence-electron chi connectivity index (χ0n) is 12.2. The summed E-state index contributed by atoms with van der Waals surface area (Å²) in [6, 6.07) is 2.10. The molecule has 1 amide bonds. The second kappa shape index (κ2) is 5.97. The van der Waals surface area contributed by atoms with Crippen molar-refractivity contribution in [1.29, 1.82) is 0 Å². The number of piperidine rings is 1. The molecule has 6 heteroatoms. The third-order valence-electron chi connectivity index (χ3n) is 3.77. The number of nitrogens with zero attached hydrogens (tertiary/aromatic N) is 1. The van der Waals surface area contributed by atoms with Crippen molar-refractivity contribution in [2.75, 3.05) is 25.0 Å². The van der Waals surface area contributed by atoms with Gasteiger partial charge in [-0.15, -0.1) is 0 Å². The van der Waals surface area contributed by atoms with Crippen molar-refractivity contribution in [1.82, 2.24) is 4.90 Å². The highest BCUT2D eigenvalue weighted by Crippen LogP contribution is 2.25. The molecule has 0 saturated carbocycles. The number of nitrogens with one attached hydrogen (secondary N) is 1. The Morgan fingerprint density at radius 1 is 1.33 bits per heavy atom. The largest absolute Gasteiger partial charge is 0.390 e. The average molecular weight is 298 g/mol. The van der Waals surface area contributed by atoms with Crippen LogP contribution in [0.1, 0.15) is 37.0 Å². The summed E-state index contributed by atoms with van der Waals surface area (Å²) in [6.07, 6.45) is 0.915. The molecular formula is C15H20F2N2O2. The topological polar surface area (TPSA) is 52.6 Å².